The molecule has 2 aliphatic heterocycles. The summed E-state index contributed by atoms with van der Waals surface area (Å²) in [6, 6.07) is 11.3. The third kappa shape index (κ3) is 5.15. The Hall–Kier alpha value is -2.48. The number of nitrogens with zero attached hydrogens (tertiary/aromatic N) is 2. The van der Waals surface area contributed by atoms with E-state index in [4.69, 9.17) is 10.5 Å². The Balaban J connectivity index is 1.30. The van der Waals surface area contributed by atoms with Gasteiger partial charge in [-0.3, -0.25) is 9.69 Å². The van der Waals surface area contributed by atoms with Gasteiger partial charge in [0.15, 0.2) is 0 Å². The molecule has 1 saturated carbocycles. The SMILES string of the molecule is C[C@@H]1CN(C2CCOCC2)C[C@@]1(C)c1ccc(-c2cnc(N)c(C(=O)N[C@H]3CC[C@H](O)CC3)c2)cc1. The number of nitrogens with one attached hydrogen (secondary N) is 1. The van der Waals surface area contributed by atoms with Crippen molar-refractivity contribution < 1.29 is 14.6 Å². The first-order valence-electron chi connectivity index (χ1n) is 13.5. The zero-order valence-corrected chi connectivity index (χ0v) is 21.6. The standard InChI is InChI=1S/C29H40N4O3/c1-19-17-33(24-11-13-36-14-12-24)18-29(19,2)22-5-3-20(4-6-22)21-15-26(27(30)31-16-21)28(35)32-23-7-9-25(34)10-8-23/h3-6,15-16,19,23-25,34H,7-14,17-18H2,1-2H3,(H2,30,31)(H,32,35)/t19-,23-,25-,29-/m1/s1. The van der Waals surface area contributed by atoms with Gasteiger partial charge in [0.05, 0.1) is 11.7 Å². The predicted molar refractivity (Wildman–Crippen MR) is 142 cm³/mol. The molecule has 2 aromatic rings. The number of ether oxygens (including phenoxy) is 1. The highest BCUT2D eigenvalue weighted by molar-refractivity contribution is 5.99. The molecule has 3 heterocycles. The summed E-state index contributed by atoms with van der Waals surface area (Å²) in [4.78, 5) is 20.0. The van der Waals surface area contributed by atoms with Gasteiger partial charge < -0.3 is 20.9 Å². The molecule has 0 bridgehead atoms. The fourth-order valence-corrected chi connectivity index (χ4v) is 6.24. The van der Waals surface area contributed by atoms with Crippen LogP contribution in [-0.2, 0) is 10.2 Å². The molecule has 194 valence electrons. The molecule has 3 fully saturated rings. The number of aliphatic hydroxyl groups excluding tert-OH is 1. The predicted octanol–water partition coefficient (Wildman–Crippen LogP) is 3.75. The monoisotopic (exact) mass is 492 g/mol. The van der Waals surface area contributed by atoms with Gasteiger partial charge in [-0.2, -0.15) is 0 Å². The van der Waals surface area contributed by atoms with Crippen molar-refractivity contribution in [2.45, 2.75) is 76.0 Å². The van der Waals surface area contributed by atoms with E-state index in [1.807, 2.05) is 6.07 Å². The second-order valence-electron chi connectivity index (χ2n) is 11.3. The maximum absolute atomic E-state index is 13.0. The lowest BCUT2D eigenvalue weighted by atomic mass is 9.75. The molecule has 0 unspecified atom stereocenters. The zero-order valence-electron chi connectivity index (χ0n) is 21.6. The van der Waals surface area contributed by atoms with Crippen LogP contribution in [-0.4, -0.2) is 65.4 Å². The van der Waals surface area contributed by atoms with Crippen molar-refractivity contribution in [2.75, 3.05) is 32.0 Å². The molecular weight excluding hydrogens is 452 g/mol. The van der Waals surface area contributed by atoms with Gasteiger partial charge in [0, 0.05) is 55.6 Å². The number of benzene rings is 1. The van der Waals surface area contributed by atoms with Gasteiger partial charge in [-0.25, -0.2) is 4.98 Å². The highest BCUT2D eigenvalue weighted by Gasteiger charge is 2.43. The van der Waals surface area contributed by atoms with E-state index in [0.717, 1.165) is 76.0 Å². The van der Waals surface area contributed by atoms with Crippen molar-refractivity contribution in [2.24, 2.45) is 5.92 Å². The Morgan fingerprint density at radius 1 is 1.11 bits per heavy atom. The number of anilines is 1. The van der Waals surface area contributed by atoms with E-state index >= 15 is 0 Å². The Labute approximate surface area is 214 Å². The normalized spacial score (nSPS) is 29.8. The summed E-state index contributed by atoms with van der Waals surface area (Å²) in [7, 11) is 0. The maximum atomic E-state index is 13.0. The minimum atomic E-state index is -0.254. The number of aliphatic hydroxyl groups is 1. The van der Waals surface area contributed by atoms with Gasteiger partial charge in [0.25, 0.3) is 5.91 Å². The first-order chi connectivity index (χ1) is 17.3. The quantitative estimate of drug-likeness (QED) is 0.588. The molecular formula is C29H40N4O3. The van der Waals surface area contributed by atoms with Gasteiger partial charge >= 0.3 is 0 Å². The van der Waals surface area contributed by atoms with Crippen molar-refractivity contribution in [3.05, 3.63) is 47.7 Å². The number of pyridine rings is 1. The molecule has 3 aliphatic rings. The van der Waals surface area contributed by atoms with Gasteiger partial charge in [-0.1, -0.05) is 38.1 Å². The molecule has 2 saturated heterocycles. The number of hydrogen-bond acceptors (Lipinski definition) is 6. The van der Waals surface area contributed by atoms with E-state index < -0.39 is 0 Å². The lowest BCUT2D eigenvalue weighted by molar-refractivity contribution is 0.0401. The Kier molecular flexibility index (Phi) is 7.33. The van der Waals surface area contributed by atoms with Crippen LogP contribution in [0.2, 0.25) is 0 Å². The Morgan fingerprint density at radius 3 is 2.50 bits per heavy atom. The number of aromatic nitrogens is 1. The topological polar surface area (TPSA) is 101 Å². The van der Waals surface area contributed by atoms with Gasteiger partial charge in [0.2, 0.25) is 0 Å². The van der Waals surface area contributed by atoms with Crippen LogP contribution in [0.15, 0.2) is 36.5 Å². The number of nitrogen functional groups attached to an aromatic ring is 1. The molecule has 1 aliphatic carbocycles. The first kappa shape index (κ1) is 25.2. The van der Waals surface area contributed by atoms with Crippen molar-refractivity contribution in [3.8, 4) is 11.1 Å². The maximum Gasteiger partial charge on any atom is 0.255 e. The Bertz CT molecular complexity index is 1060. The Morgan fingerprint density at radius 2 is 1.81 bits per heavy atom. The number of nitrogens with two attached hydrogens (primary N) is 1. The lowest BCUT2D eigenvalue weighted by Crippen LogP contribution is -2.39. The summed E-state index contributed by atoms with van der Waals surface area (Å²) < 4.78 is 5.58. The molecule has 36 heavy (non-hydrogen) atoms. The third-order valence-corrected chi connectivity index (χ3v) is 8.91. The average Bonchev–Trinajstić information content (AvgIpc) is 3.21. The number of likely N-dealkylation sites (tertiary alicyclic amines) is 1. The van der Waals surface area contributed by atoms with Crippen molar-refractivity contribution in [1.29, 1.82) is 0 Å². The molecule has 1 amide bonds. The molecule has 5 rings (SSSR count). The van der Waals surface area contributed by atoms with Crippen LogP contribution in [0.5, 0.6) is 0 Å². The summed E-state index contributed by atoms with van der Waals surface area (Å²) in [5.41, 5.74) is 9.86. The minimum absolute atomic E-state index is 0.0677. The highest BCUT2D eigenvalue weighted by Crippen LogP contribution is 2.41. The fourth-order valence-electron chi connectivity index (χ4n) is 6.24. The van der Waals surface area contributed by atoms with Crippen molar-refractivity contribution in [1.82, 2.24) is 15.2 Å². The minimum Gasteiger partial charge on any atom is -0.393 e. The summed E-state index contributed by atoms with van der Waals surface area (Å²) in [5, 5.41) is 12.8. The second-order valence-corrected chi connectivity index (χ2v) is 11.3. The van der Waals surface area contributed by atoms with E-state index in [1.54, 1.807) is 6.20 Å². The van der Waals surface area contributed by atoms with Crippen LogP contribution in [0.1, 0.15) is 68.3 Å². The summed E-state index contributed by atoms with van der Waals surface area (Å²) in [6.07, 6.45) is 6.75. The van der Waals surface area contributed by atoms with Gasteiger partial charge in [-0.15, -0.1) is 0 Å². The molecule has 1 aromatic carbocycles. The van der Waals surface area contributed by atoms with Crippen LogP contribution in [0.3, 0.4) is 0 Å². The molecule has 1 aromatic heterocycles. The second kappa shape index (κ2) is 10.5. The number of carbonyl (C=O) groups excluding carboxylic acids is 1. The van der Waals surface area contributed by atoms with Crippen molar-refractivity contribution in [3.63, 3.8) is 0 Å². The van der Waals surface area contributed by atoms with E-state index in [-0.39, 0.29) is 29.3 Å². The average molecular weight is 493 g/mol. The van der Waals surface area contributed by atoms with Crippen LogP contribution < -0.4 is 11.1 Å². The van der Waals surface area contributed by atoms with E-state index in [9.17, 15) is 9.90 Å². The summed E-state index contributed by atoms with van der Waals surface area (Å²) >= 11 is 0. The number of rotatable bonds is 5. The number of hydrogen-bond donors (Lipinski definition) is 3. The first-order valence-corrected chi connectivity index (χ1v) is 13.5. The van der Waals surface area contributed by atoms with E-state index in [2.05, 4.69) is 53.3 Å². The molecule has 0 radical (unpaired) electrons. The van der Waals surface area contributed by atoms with Crippen molar-refractivity contribution >= 4 is 11.7 Å². The smallest absolute Gasteiger partial charge is 0.255 e. The molecule has 7 heteroatoms. The zero-order chi connectivity index (χ0) is 25.3. The molecule has 7 nitrogen and oxygen atoms in total. The largest absolute Gasteiger partial charge is 0.393 e. The van der Waals surface area contributed by atoms with Gasteiger partial charge in [-0.05, 0) is 61.6 Å². The summed E-state index contributed by atoms with van der Waals surface area (Å²) in [6.45, 7) is 8.71. The number of carbonyl (C=O) groups is 1. The molecule has 2 atom stereocenters. The van der Waals surface area contributed by atoms with Crippen LogP contribution in [0.4, 0.5) is 5.82 Å². The molecule has 4 N–H and O–H groups in total. The fraction of sp³-hybridized carbons (Fsp3) is 0.586. The third-order valence-electron chi connectivity index (χ3n) is 8.91. The van der Waals surface area contributed by atoms with Crippen LogP contribution in [0.25, 0.3) is 11.1 Å². The summed E-state index contributed by atoms with van der Waals surface area (Å²) in [5.74, 6) is 0.616. The van der Waals surface area contributed by atoms with E-state index in [1.165, 1.54) is 5.56 Å². The van der Waals surface area contributed by atoms with Crippen LogP contribution in [0, 0.1) is 5.92 Å². The van der Waals surface area contributed by atoms with E-state index in [0.29, 0.717) is 17.5 Å². The lowest BCUT2D eigenvalue weighted by Gasteiger charge is -2.33. The highest BCUT2D eigenvalue weighted by atomic mass is 16.5. The van der Waals surface area contributed by atoms with Gasteiger partial charge in [0.1, 0.15) is 5.82 Å². The molecule has 0 spiro atoms. The number of amides is 1. The van der Waals surface area contributed by atoms with Crippen LogP contribution >= 0.6 is 0 Å².